The molecule has 0 amide bonds. The van der Waals surface area contributed by atoms with Crippen LogP contribution in [0.15, 0.2) is 18.3 Å². The van der Waals surface area contributed by atoms with E-state index in [1.165, 1.54) is 0 Å². The number of nitrogens with zero attached hydrogens (tertiary/aromatic N) is 2. The minimum atomic E-state index is 0.0777. The minimum Gasteiger partial charge on any atom is -0.375 e. The van der Waals surface area contributed by atoms with Crippen molar-refractivity contribution in [2.45, 2.75) is 26.4 Å². The van der Waals surface area contributed by atoms with Crippen LogP contribution in [0.3, 0.4) is 0 Å². The average Bonchev–Trinajstić information content (AvgIpc) is 2.39. The molecule has 1 aliphatic heterocycles. The van der Waals surface area contributed by atoms with Gasteiger partial charge in [0.05, 0.1) is 12.7 Å². The van der Waals surface area contributed by atoms with Crippen molar-refractivity contribution in [3.05, 3.63) is 23.9 Å². The molecule has 1 aliphatic rings. The Labute approximate surface area is 102 Å². The largest absolute Gasteiger partial charge is 0.375 e. The SMILES string of the molecule is CCC1CN(c2cc(C(C)=O)ccn2)CCO1. The van der Waals surface area contributed by atoms with Crippen molar-refractivity contribution in [3.63, 3.8) is 0 Å². The Morgan fingerprint density at radius 1 is 1.65 bits per heavy atom. The van der Waals surface area contributed by atoms with Crippen molar-refractivity contribution >= 4 is 11.6 Å². The molecule has 92 valence electrons. The lowest BCUT2D eigenvalue weighted by Gasteiger charge is -2.33. The molecule has 0 aromatic carbocycles. The molecular weight excluding hydrogens is 216 g/mol. The highest BCUT2D eigenvalue weighted by molar-refractivity contribution is 5.94. The number of rotatable bonds is 3. The normalized spacial score (nSPS) is 20.4. The lowest BCUT2D eigenvalue weighted by molar-refractivity contribution is 0.0381. The maximum absolute atomic E-state index is 11.3. The number of Topliss-reactive ketones (excluding diaryl/α,β-unsaturated/α-hetero) is 1. The van der Waals surface area contributed by atoms with Crippen molar-refractivity contribution in [2.24, 2.45) is 0 Å². The van der Waals surface area contributed by atoms with E-state index in [9.17, 15) is 4.79 Å². The van der Waals surface area contributed by atoms with Crippen molar-refractivity contribution < 1.29 is 9.53 Å². The van der Waals surface area contributed by atoms with Gasteiger partial charge in [-0.05, 0) is 25.5 Å². The molecule has 2 rings (SSSR count). The molecule has 1 saturated heterocycles. The van der Waals surface area contributed by atoms with Gasteiger partial charge >= 0.3 is 0 Å². The third kappa shape index (κ3) is 2.82. The Morgan fingerprint density at radius 3 is 3.18 bits per heavy atom. The average molecular weight is 234 g/mol. The quantitative estimate of drug-likeness (QED) is 0.749. The summed E-state index contributed by atoms with van der Waals surface area (Å²) in [6.45, 7) is 6.11. The second kappa shape index (κ2) is 5.27. The van der Waals surface area contributed by atoms with Crippen LogP contribution >= 0.6 is 0 Å². The van der Waals surface area contributed by atoms with Gasteiger partial charge in [-0.25, -0.2) is 4.98 Å². The molecule has 0 spiro atoms. The van der Waals surface area contributed by atoms with Gasteiger partial charge in [0.25, 0.3) is 0 Å². The number of carbonyl (C=O) groups excluding carboxylic acids is 1. The molecule has 0 bridgehead atoms. The summed E-state index contributed by atoms with van der Waals surface area (Å²) >= 11 is 0. The summed E-state index contributed by atoms with van der Waals surface area (Å²) in [5, 5.41) is 0. The van der Waals surface area contributed by atoms with Gasteiger partial charge in [0.2, 0.25) is 0 Å². The molecule has 4 heteroatoms. The number of hydrogen-bond donors (Lipinski definition) is 0. The fourth-order valence-corrected chi connectivity index (χ4v) is 1.98. The molecule has 1 unspecified atom stereocenters. The van der Waals surface area contributed by atoms with Gasteiger partial charge in [-0.2, -0.15) is 0 Å². The summed E-state index contributed by atoms with van der Waals surface area (Å²) < 4.78 is 5.62. The van der Waals surface area contributed by atoms with E-state index >= 15 is 0 Å². The lowest BCUT2D eigenvalue weighted by Crippen LogP contribution is -2.42. The summed E-state index contributed by atoms with van der Waals surface area (Å²) in [4.78, 5) is 17.8. The topological polar surface area (TPSA) is 42.4 Å². The zero-order valence-corrected chi connectivity index (χ0v) is 10.3. The molecule has 0 aliphatic carbocycles. The maximum Gasteiger partial charge on any atom is 0.159 e. The summed E-state index contributed by atoms with van der Waals surface area (Å²) in [6.07, 6.45) is 2.97. The molecular formula is C13H18N2O2. The Bertz CT molecular complexity index is 406. The second-order valence-corrected chi connectivity index (χ2v) is 4.31. The molecule has 1 atom stereocenters. The zero-order valence-electron chi connectivity index (χ0n) is 10.3. The van der Waals surface area contributed by atoms with E-state index < -0.39 is 0 Å². The Morgan fingerprint density at radius 2 is 2.47 bits per heavy atom. The van der Waals surface area contributed by atoms with E-state index in [-0.39, 0.29) is 11.9 Å². The first kappa shape index (κ1) is 12.0. The number of ether oxygens (including phenoxy) is 1. The Kier molecular flexibility index (Phi) is 3.74. The zero-order chi connectivity index (χ0) is 12.3. The molecule has 0 radical (unpaired) electrons. The summed E-state index contributed by atoms with van der Waals surface area (Å²) in [6, 6.07) is 3.62. The fraction of sp³-hybridized carbons (Fsp3) is 0.538. The van der Waals surface area contributed by atoms with Gasteiger partial charge in [-0.3, -0.25) is 4.79 Å². The van der Waals surface area contributed by atoms with Gasteiger partial charge in [0.1, 0.15) is 5.82 Å². The third-order valence-electron chi connectivity index (χ3n) is 3.07. The number of carbonyl (C=O) groups is 1. The van der Waals surface area contributed by atoms with Crippen molar-refractivity contribution in [3.8, 4) is 0 Å². The Hall–Kier alpha value is -1.42. The molecule has 1 aromatic heterocycles. The predicted molar refractivity (Wildman–Crippen MR) is 66.5 cm³/mol. The molecule has 0 N–H and O–H groups in total. The second-order valence-electron chi connectivity index (χ2n) is 4.31. The van der Waals surface area contributed by atoms with Gasteiger partial charge in [-0.15, -0.1) is 0 Å². The first-order valence-corrected chi connectivity index (χ1v) is 6.04. The van der Waals surface area contributed by atoms with E-state index in [2.05, 4.69) is 16.8 Å². The third-order valence-corrected chi connectivity index (χ3v) is 3.07. The minimum absolute atomic E-state index is 0.0777. The predicted octanol–water partition coefficient (Wildman–Crippen LogP) is 1.90. The summed E-state index contributed by atoms with van der Waals surface area (Å²) in [5.74, 6) is 0.952. The molecule has 2 heterocycles. The van der Waals surface area contributed by atoms with Crippen LogP contribution in [0, 0.1) is 0 Å². The highest BCUT2D eigenvalue weighted by Crippen LogP contribution is 2.17. The van der Waals surface area contributed by atoms with Crippen LogP contribution in [0.25, 0.3) is 0 Å². The van der Waals surface area contributed by atoms with Crippen LogP contribution in [0.1, 0.15) is 30.6 Å². The molecule has 17 heavy (non-hydrogen) atoms. The molecule has 0 saturated carbocycles. The number of anilines is 1. The number of aromatic nitrogens is 1. The van der Waals surface area contributed by atoms with Gasteiger partial charge in [0, 0.05) is 24.8 Å². The maximum atomic E-state index is 11.3. The summed E-state index contributed by atoms with van der Waals surface area (Å²) in [7, 11) is 0. The van der Waals surface area contributed by atoms with E-state index in [1.807, 2.05) is 6.07 Å². The molecule has 1 aromatic rings. The van der Waals surface area contributed by atoms with E-state index in [1.54, 1.807) is 19.2 Å². The van der Waals surface area contributed by atoms with E-state index in [4.69, 9.17) is 4.74 Å². The lowest BCUT2D eigenvalue weighted by atomic mass is 10.1. The number of pyridine rings is 1. The van der Waals surface area contributed by atoms with Crippen LogP contribution < -0.4 is 4.90 Å². The standard InChI is InChI=1S/C13H18N2O2/c1-3-12-9-15(6-7-17-12)13-8-11(10(2)16)4-5-14-13/h4-5,8,12H,3,6-7,9H2,1-2H3. The smallest absolute Gasteiger partial charge is 0.159 e. The van der Waals surface area contributed by atoms with Crippen LogP contribution in [0.5, 0.6) is 0 Å². The fourth-order valence-electron chi connectivity index (χ4n) is 1.98. The van der Waals surface area contributed by atoms with Crippen molar-refractivity contribution in [1.82, 2.24) is 4.98 Å². The van der Waals surface area contributed by atoms with Gasteiger partial charge < -0.3 is 9.64 Å². The van der Waals surface area contributed by atoms with E-state index in [0.29, 0.717) is 0 Å². The highest BCUT2D eigenvalue weighted by Gasteiger charge is 2.20. The van der Waals surface area contributed by atoms with Crippen molar-refractivity contribution in [1.29, 1.82) is 0 Å². The monoisotopic (exact) mass is 234 g/mol. The van der Waals surface area contributed by atoms with Crippen LogP contribution in [0.4, 0.5) is 5.82 Å². The summed E-state index contributed by atoms with van der Waals surface area (Å²) in [5.41, 5.74) is 0.717. The number of morpholine rings is 1. The van der Waals surface area contributed by atoms with E-state index in [0.717, 1.165) is 37.5 Å². The van der Waals surface area contributed by atoms with Crippen LogP contribution in [0.2, 0.25) is 0 Å². The number of ketones is 1. The first-order chi connectivity index (χ1) is 8.20. The Balaban J connectivity index is 2.16. The van der Waals surface area contributed by atoms with Crippen LogP contribution in [-0.2, 0) is 4.74 Å². The highest BCUT2D eigenvalue weighted by atomic mass is 16.5. The number of hydrogen-bond acceptors (Lipinski definition) is 4. The van der Waals surface area contributed by atoms with Crippen LogP contribution in [-0.4, -0.2) is 36.6 Å². The van der Waals surface area contributed by atoms with Gasteiger partial charge in [0.15, 0.2) is 5.78 Å². The van der Waals surface area contributed by atoms with Gasteiger partial charge in [-0.1, -0.05) is 6.92 Å². The molecule has 4 nitrogen and oxygen atoms in total. The van der Waals surface area contributed by atoms with Crippen molar-refractivity contribution in [2.75, 3.05) is 24.6 Å². The molecule has 1 fully saturated rings. The first-order valence-electron chi connectivity index (χ1n) is 6.04.